The van der Waals surface area contributed by atoms with Gasteiger partial charge in [-0.3, -0.25) is 4.79 Å². The minimum Gasteiger partial charge on any atom is -0.325 e. The summed E-state index contributed by atoms with van der Waals surface area (Å²) in [4.78, 5) is 13.8. The molecule has 1 fully saturated rings. The topological polar surface area (TPSA) is 70.9 Å². The third kappa shape index (κ3) is 5.25. The largest absolute Gasteiger partial charge is 0.325 e. The molecule has 1 heterocycles. The molecule has 0 aromatic heterocycles. The number of halogens is 1. The predicted molar refractivity (Wildman–Crippen MR) is 118 cm³/mol. The number of rotatable bonds is 5. The molecule has 0 spiro atoms. The first-order valence-electron chi connectivity index (χ1n) is 9.64. The van der Waals surface area contributed by atoms with Gasteiger partial charge in [-0.05, 0) is 56.2 Å². The number of benzene rings is 2. The predicted octanol–water partition coefficient (Wildman–Crippen LogP) is 1.90. The van der Waals surface area contributed by atoms with Gasteiger partial charge < -0.3 is 10.2 Å². The molecule has 8 heteroatoms. The Balaban J connectivity index is 1.60. The zero-order valence-corrected chi connectivity index (χ0v) is 19.4. The smallest absolute Gasteiger partial charge is 0.279 e. The molecule has 0 bridgehead atoms. The summed E-state index contributed by atoms with van der Waals surface area (Å²) in [5, 5.41) is 2.89. The lowest BCUT2D eigenvalue weighted by molar-refractivity contribution is -0.895. The van der Waals surface area contributed by atoms with Crippen molar-refractivity contribution in [2.24, 2.45) is 0 Å². The molecule has 1 saturated heterocycles. The van der Waals surface area contributed by atoms with Crippen molar-refractivity contribution in [2.75, 3.05) is 38.0 Å². The van der Waals surface area contributed by atoms with Crippen molar-refractivity contribution in [1.82, 2.24) is 4.31 Å². The fraction of sp³-hybridized carbons (Fsp3) is 0.381. The summed E-state index contributed by atoms with van der Waals surface area (Å²) in [5.74, 6) is -0.0659. The number of carbonyl (C=O) groups is 1. The average molecular weight is 481 g/mol. The molecule has 0 unspecified atom stereocenters. The third-order valence-corrected chi connectivity index (χ3v) is 7.90. The standard InChI is InChI=1S/C21H26BrN3O3S/c1-15-12-16(2)21(17(3)13-15)29(27,28)25-10-8-24(9-11-25)14-20(26)23-19-6-4-18(22)5-7-19/h4-7,12-13H,8-11,14H2,1-3H3,(H,23,26)/p+1. The van der Waals surface area contributed by atoms with E-state index in [1.807, 2.05) is 57.2 Å². The molecule has 0 radical (unpaired) electrons. The minimum absolute atomic E-state index is 0.0659. The van der Waals surface area contributed by atoms with Gasteiger partial charge in [0.1, 0.15) is 0 Å². The lowest BCUT2D eigenvalue weighted by Gasteiger charge is -2.32. The summed E-state index contributed by atoms with van der Waals surface area (Å²) in [6, 6.07) is 11.3. The third-order valence-electron chi connectivity index (χ3n) is 5.17. The van der Waals surface area contributed by atoms with E-state index in [9.17, 15) is 13.2 Å². The van der Waals surface area contributed by atoms with Gasteiger partial charge in [-0.2, -0.15) is 4.31 Å². The van der Waals surface area contributed by atoms with Crippen molar-refractivity contribution in [3.8, 4) is 0 Å². The summed E-state index contributed by atoms with van der Waals surface area (Å²) in [5.41, 5.74) is 3.38. The maximum atomic E-state index is 13.2. The number of amides is 1. The fourth-order valence-corrected chi connectivity index (χ4v) is 6.01. The summed E-state index contributed by atoms with van der Waals surface area (Å²) >= 11 is 3.37. The highest BCUT2D eigenvalue weighted by molar-refractivity contribution is 9.10. The quantitative estimate of drug-likeness (QED) is 0.686. The van der Waals surface area contributed by atoms with E-state index >= 15 is 0 Å². The van der Waals surface area contributed by atoms with Crippen LogP contribution in [0, 0.1) is 20.8 Å². The molecule has 29 heavy (non-hydrogen) atoms. The Hall–Kier alpha value is -1.74. The van der Waals surface area contributed by atoms with E-state index in [1.165, 1.54) is 0 Å². The van der Waals surface area contributed by atoms with Gasteiger partial charge in [0.25, 0.3) is 5.91 Å². The number of aryl methyl sites for hydroxylation is 3. The first-order valence-corrected chi connectivity index (χ1v) is 11.9. The number of sulfonamides is 1. The Bertz CT molecular complexity index is 975. The molecule has 0 saturated carbocycles. The van der Waals surface area contributed by atoms with Gasteiger partial charge in [0.05, 0.1) is 31.1 Å². The van der Waals surface area contributed by atoms with Crippen LogP contribution in [0.5, 0.6) is 0 Å². The number of carbonyl (C=O) groups excluding carboxylic acids is 1. The van der Waals surface area contributed by atoms with Gasteiger partial charge in [-0.15, -0.1) is 0 Å². The zero-order chi connectivity index (χ0) is 21.2. The Morgan fingerprint density at radius 2 is 1.62 bits per heavy atom. The first-order chi connectivity index (χ1) is 13.7. The van der Waals surface area contributed by atoms with Crippen LogP contribution in [-0.2, 0) is 14.8 Å². The molecule has 0 aliphatic carbocycles. The van der Waals surface area contributed by atoms with Crippen LogP contribution in [0.25, 0.3) is 0 Å². The highest BCUT2D eigenvalue weighted by atomic mass is 79.9. The van der Waals surface area contributed by atoms with E-state index in [0.717, 1.165) is 31.8 Å². The van der Waals surface area contributed by atoms with Crippen LogP contribution < -0.4 is 10.2 Å². The summed E-state index contributed by atoms with van der Waals surface area (Å²) in [6.45, 7) is 8.03. The van der Waals surface area contributed by atoms with Crippen molar-refractivity contribution in [3.05, 3.63) is 57.6 Å². The van der Waals surface area contributed by atoms with Crippen LogP contribution in [0.1, 0.15) is 16.7 Å². The minimum atomic E-state index is -3.53. The maximum Gasteiger partial charge on any atom is 0.279 e. The summed E-state index contributed by atoms with van der Waals surface area (Å²) in [7, 11) is -3.53. The number of anilines is 1. The van der Waals surface area contributed by atoms with Crippen LogP contribution in [0.3, 0.4) is 0 Å². The normalized spacial score (nSPS) is 16.0. The van der Waals surface area contributed by atoms with Crippen LogP contribution in [-0.4, -0.2) is 51.4 Å². The molecule has 2 aromatic carbocycles. The SMILES string of the molecule is Cc1cc(C)c(S(=O)(=O)N2CC[NH+](CC(=O)Nc3ccc(Br)cc3)CC2)c(C)c1. The summed E-state index contributed by atoms with van der Waals surface area (Å²) < 4.78 is 28.8. The lowest BCUT2D eigenvalue weighted by atomic mass is 10.1. The van der Waals surface area contributed by atoms with Gasteiger partial charge in [0.2, 0.25) is 10.0 Å². The molecule has 6 nitrogen and oxygen atoms in total. The van der Waals surface area contributed by atoms with E-state index in [4.69, 9.17) is 0 Å². The molecule has 1 aliphatic rings. The summed E-state index contributed by atoms with van der Waals surface area (Å²) in [6.07, 6.45) is 0. The highest BCUT2D eigenvalue weighted by Crippen LogP contribution is 2.25. The van der Waals surface area contributed by atoms with Crippen LogP contribution in [0.4, 0.5) is 5.69 Å². The van der Waals surface area contributed by atoms with Crippen LogP contribution >= 0.6 is 15.9 Å². The van der Waals surface area contributed by atoms with Gasteiger partial charge >= 0.3 is 0 Å². The van der Waals surface area contributed by atoms with E-state index in [0.29, 0.717) is 37.6 Å². The molecule has 0 atom stereocenters. The second-order valence-corrected chi connectivity index (χ2v) is 10.4. The van der Waals surface area contributed by atoms with Crippen molar-refractivity contribution in [2.45, 2.75) is 25.7 Å². The molecule has 3 rings (SSSR count). The molecule has 2 N–H and O–H groups in total. The molecule has 2 aromatic rings. The Labute approximate surface area is 181 Å². The number of hydrogen-bond donors (Lipinski definition) is 2. The number of hydrogen-bond acceptors (Lipinski definition) is 3. The zero-order valence-electron chi connectivity index (χ0n) is 17.0. The molecule has 1 aliphatic heterocycles. The lowest BCUT2D eigenvalue weighted by Crippen LogP contribution is -3.15. The van der Waals surface area contributed by atoms with Gasteiger partial charge in [0.15, 0.2) is 6.54 Å². The Kier molecular flexibility index (Phi) is 6.78. The average Bonchev–Trinajstić information content (AvgIpc) is 2.63. The van der Waals surface area contributed by atoms with E-state index in [1.54, 1.807) is 4.31 Å². The second-order valence-electron chi connectivity index (χ2n) is 7.61. The van der Waals surface area contributed by atoms with Gasteiger partial charge in [-0.1, -0.05) is 33.6 Å². The number of quaternary nitrogens is 1. The van der Waals surface area contributed by atoms with Crippen molar-refractivity contribution in [3.63, 3.8) is 0 Å². The Morgan fingerprint density at radius 1 is 1.07 bits per heavy atom. The van der Waals surface area contributed by atoms with E-state index < -0.39 is 10.0 Å². The Morgan fingerprint density at radius 3 is 2.17 bits per heavy atom. The van der Waals surface area contributed by atoms with Crippen molar-refractivity contribution < 1.29 is 18.1 Å². The van der Waals surface area contributed by atoms with Crippen molar-refractivity contribution >= 4 is 37.5 Å². The monoisotopic (exact) mass is 480 g/mol. The van der Waals surface area contributed by atoms with Crippen LogP contribution in [0.15, 0.2) is 45.8 Å². The van der Waals surface area contributed by atoms with Crippen molar-refractivity contribution in [1.29, 1.82) is 0 Å². The highest BCUT2D eigenvalue weighted by Gasteiger charge is 2.33. The molecule has 156 valence electrons. The molecular weight excluding hydrogens is 454 g/mol. The van der Waals surface area contributed by atoms with E-state index in [2.05, 4.69) is 21.2 Å². The van der Waals surface area contributed by atoms with E-state index in [-0.39, 0.29) is 5.91 Å². The second kappa shape index (κ2) is 8.95. The van der Waals surface area contributed by atoms with Crippen LogP contribution in [0.2, 0.25) is 0 Å². The number of nitrogens with zero attached hydrogens (tertiary/aromatic N) is 1. The first kappa shape index (κ1) is 22.0. The number of nitrogens with one attached hydrogen (secondary N) is 2. The number of piperazine rings is 1. The molecule has 1 amide bonds. The van der Waals surface area contributed by atoms with Gasteiger partial charge in [0, 0.05) is 10.2 Å². The fourth-order valence-electron chi connectivity index (χ4n) is 3.89. The molecular formula is C21H27BrN3O3S+. The van der Waals surface area contributed by atoms with Gasteiger partial charge in [-0.25, -0.2) is 8.42 Å². The maximum absolute atomic E-state index is 13.2.